The second kappa shape index (κ2) is 9.00. The number of hydrogen-bond donors (Lipinski definition) is 2. The molecule has 0 aliphatic carbocycles. The molecule has 2 rings (SSSR count). The van der Waals surface area contributed by atoms with Gasteiger partial charge in [0.2, 0.25) is 0 Å². The number of thiophene rings is 1. The average molecular weight is 377 g/mol. The summed E-state index contributed by atoms with van der Waals surface area (Å²) in [5, 5.41) is 12.1. The standard InChI is InChI=1S/C18H19NO6S/c1-3-13-9-14(18(23)24-4-2)16(26-13)19-15(21)10-25-17(22)11-5-7-12(20)8-6-11/h5-9,20H,3-4,10H2,1-2H3,(H,19,21). The fourth-order valence-electron chi connectivity index (χ4n) is 2.04. The molecule has 8 heteroatoms. The molecule has 0 bridgehead atoms. The van der Waals surface area contributed by atoms with Crippen LogP contribution < -0.4 is 5.32 Å². The molecule has 1 heterocycles. The first-order valence-electron chi connectivity index (χ1n) is 8.00. The van der Waals surface area contributed by atoms with Gasteiger partial charge in [0.1, 0.15) is 10.8 Å². The Bertz CT molecular complexity index is 797. The molecule has 0 aliphatic heterocycles. The monoisotopic (exact) mass is 377 g/mol. The summed E-state index contributed by atoms with van der Waals surface area (Å²) in [6, 6.07) is 7.16. The second-order valence-corrected chi connectivity index (χ2v) is 6.34. The van der Waals surface area contributed by atoms with Crippen LogP contribution in [0.5, 0.6) is 5.75 Å². The van der Waals surface area contributed by atoms with Crippen LogP contribution in [0.2, 0.25) is 0 Å². The number of carbonyl (C=O) groups excluding carboxylic acids is 3. The predicted octanol–water partition coefficient (Wildman–Crippen LogP) is 2.99. The number of aryl methyl sites for hydroxylation is 1. The Hall–Kier alpha value is -2.87. The molecule has 1 aromatic carbocycles. The Labute approximate surface area is 154 Å². The van der Waals surface area contributed by atoms with Crippen LogP contribution in [-0.4, -0.2) is 36.2 Å². The summed E-state index contributed by atoms with van der Waals surface area (Å²) in [4.78, 5) is 36.8. The minimum Gasteiger partial charge on any atom is -0.508 e. The zero-order valence-corrected chi connectivity index (χ0v) is 15.2. The van der Waals surface area contributed by atoms with E-state index in [-0.39, 0.29) is 23.5 Å². The van der Waals surface area contributed by atoms with Crippen molar-refractivity contribution in [2.75, 3.05) is 18.5 Å². The Morgan fingerprint density at radius 2 is 1.77 bits per heavy atom. The summed E-state index contributed by atoms with van der Waals surface area (Å²) in [6.45, 7) is 3.37. The van der Waals surface area contributed by atoms with Crippen LogP contribution in [0.3, 0.4) is 0 Å². The number of phenols is 1. The van der Waals surface area contributed by atoms with Gasteiger partial charge in [-0.2, -0.15) is 0 Å². The highest BCUT2D eigenvalue weighted by atomic mass is 32.1. The van der Waals surface area contributed by atoms with Crippen molar-refractivity contribution in [2.24, 2.45) is 0 Å². The van der Waals surface area contributed by atoms with Crippen molar-refractivity contribution in [1.29, 1.82) is 0 Å². The van der Waals surface area contributed by atoms with Crippen molar-refractivity contribution < 1.29 is 29.0 Å². The smallest absolute Gasteiger partial charge is 0.341 e. The Kier molecular flexibility index (Phi) is 6.74. The van der Waals surface area contributed by atoms with Crippen LogP contribution in [0.25, 0.3) is 0 Å². The van der Waals surface area contributed by atoms with Crippen molar-refractivity contribution >= 4 is 34.2 Å². The van der Waals surface area contributed by atoms with Crippen LogP contribution in [0.4, 0.5) is 5.00 Å². The molecular formula is C18H19NO6S. The molecule has 0 unspecified atom stereocenters. The highest BCUT2D eigenvalue weighted by Crippen LogP contribution is 2.29. The fourth-order valence-corrected chi connectivity index (χ4v) is 3.04. The number of aromatic hydroxyl groups is 1. The maximum absolute atomic E-state index is 12.1. The van der Waals surface area contributed by atoms with Gasteiger partial charge in [-0.05, 0) is 43.7 Å². The van der Waals surface area contributed by atoms with E-state index in [9.17, 15) is 19.5 Å². The lowest BCUT2D eigenvalue weighted by Gasteiger charge is -2.07. The minimum atomic E-state index is -0.689. The highest BCUT2D eigenvalue weighted by molar-refractivity contribution is 7.16. The van der Waals surface area contributed by atoms with Gasteiger partial charge in [-0.15, -0.1) is 11.3 Å². The third kappa shape index (κ3) is 5.06. The third-order valence-electron chi connectivity index (χ3n) is 3.32. The summed E-state index contributed by atoms with van der Waals surface area (Å²) in [5.74, 6) is -1.74. The van der Waals surface area contributed by atoms with Crippen molar-refractivity contribution in [3.63, 3.8) is 0 Å². The van der Waals surface area contributed by atoms with Gasteiger partial charge in [0.05, 0.1) is 17.7 Å². The van der Waals surface area contributed by atoms with E-state index >= 15 is 0 Å². The summed E-state index contributed by atoms with van der Waals surface area (Å²) in [6.07, 6.45) is 0.711. The first kappa shape index (κ1) is 19.5. The molecule has 138 valence electrons. The Balaban J connectivity index is 1.99. The summed E-state index contributed by atoms with van der Waals surface area (Å²) in [7, 11) is 0. The molecule has 1 aromatic heterocycles. The zero-order valence-electron chi connectivity index (χ0n) is 14.4. The van der Waals surface area contributed by atoms with E-state index in [1.165, 1.54) is 35.6 Å². The van der Waals surface area contributed by atoms with E-state index < -0.39 is 24.5 Å². The third-order valence-corrected chi connectivity index (χ3v) is 4.51. The largest absolute Gasteiger partial charge is 0.508 e. The molecule has 7 nitrogen and oxygen atoms in total. The molecule has 0 saturated heterocycles. The van der Waals surface area contributed by atoms with Crippen LogP contribution in [0.1, 0.15) is 39.4 Å². The molecule has 0 atom stereocenters. The van der Waals surface area contributed by atoms with E-state index in [0.717, 1.165) is 4.88 Å². The number of phenolic OH excluding ortho intramolecular Hbond substituents is 1. The number of carbonyl (C=O) groups is 3. The van der Waals surface area contributed by atoms with Crippen LogP contribution in [-0.2, 0) is 20.7 Å². The number of amides is 1. The van der Waals surface area contributed by atoms with E-state index in [1.807, 2.05) is 6.92 Å². The zero-order chi connectivity index (χ0) is 19.1. The Morgan fingerprint density at radius 1 is 1.08 bits per heavy atom. The molecule has 26 heavy (non-hydrogen) atoms. The number of anilines is 1. The van der Waals surface area contributed by atoms with Crippen molar-refractivity contribution in [2.45, 2.75) is 20.3 Å². The number of esters is 2. The first-order valence-corrected chi connectivity index (χ1v) is 8.82. The normalized spacial score (nSPS) is 10.2. The van der Waals surface area contributed by atoms with Gasteiger partial charge in [-0.25, -0.2) is 9.59 Å². The van der Waals surface area contributed by atoms with E-state index in [4.69, 9.17) is 9.47 Å². The van der Waals surface area contributed by atoms with Gasteiger partial charge < -0.3 is 19.9 Å². The fraction of sp³-hybridized carbons (Fsp3) is 0.278. The summed E-state index contributed by atoms with van der Waals surface area (Å²) >= 11 is 1.27. The molecule has 0 saturated carbocycles. The predicted molar refractivity (Wildman–Crippen MR) is 96.7 cm³/mol. The lowest BCUT2D eigenvalue weighted by molar-refractivity contribution is -0.119. The van der Waals surface area contributed by atoms with Crippen molar-refractivity contribution in [3.8, 4) is 5.75 Å². The van der Waals surface area contributed by atoms with Gasteiger partial charge in [-0.3, -0.25) is 4.79 Å². The molecule has 0 aliphatic rings. The summed E-state index contributed by atoms with van der Waals surface area (Å²) in [5.41, 5.74) is 0.499. The van der Waals surface area contributed by atoms with Crippen molar-refractivity contribution in [3.05, 3.63) is 46.3 Å². The average Bonchev–Trinajstić information content (AvgIpc) is 3.03. The number of hydrogen-bond acceptors (Lipinski definition) is 7. The van der Waals surface area contributed by atoms with E-state index in [2.05, 4.69) is 5.32 Å². The van der Waals surface area contributed by atoms with Gasteiger partial charge in [-0.1, -0.05) is 6.92 Å². The van der Waals surface area contributed by atoms with Crippen LogP contribution in [0, 0.1) is 0 Å². The molecule has 1 amide bonds. The number of benzene rings is 1. The van der Waals surface area contributed by atoms with Gasteiger partial charge >= 0.3 is 11.9 Å². The Morgan fingerprint density at radius 3 is 2.38 bits per heavy atom. The number of nitrogens with one attached hydrogen (secondary N) is 1. The quantitative estimate of drug-likeness (QED) is 0.719. The maximum Gasteiger partial charge on any atom is 0.341 e. The molecular weight excluding hydrogens is 358 g/mol. The van der Waals surface area contributed by atoms with E-state index in [1.54, 1.807) is 13.0 Å². The topological polar surface area (TPSA) is 102 Å². The van der Waals surface area contributed by atoms with Crippen molar-refractivity contribution in [1.82, 2.24) is 0 Å². The maximum atomic E-state index is 12.1. The highest BCUT2D eigenvalue weighted by Gasteiger charge is 2.19. The van der Waals surface area contributed by atoms with Crippen LogP contribution >= 0.6 is 11.3 Å². The van der Waals surface area contributed by atoms with Crippen LogP contribution in [0.15, 0.2) is 30.3 Å². The molecule has 2 aromatic rings. The van der Waals surface area contributed by atoms with Gasteiger partial charge in [0.15, 0.2) is 6.61 Å². The minimum absolute atomic E-state index is 0.0233. The molecule has 2 N–H and O–H groups in total. The number of ether oxygens (including phenoxy) is 2. The lowest BCUT2D eigenvalue weighted by atomic mass is 10.2. The molecule has 0 radical (unpaired) electrons. The van der Waals surface area contributed by atoms with E-state index in [0.29, 0.717) is 11.4 Å². The SMILES string of the molecule is CCOC(=O)c1cc(CC)sc1NC(=O)COC(=O)c1ccc(O)cc1. The van der Waals surface area contributed by atoms with Gasteiger partial charge in [0, 0.05) is 4.88 Å². The summed E-state index contributed by atoms with van der Waals surface area (Å²) < 4.78 is 9.92. The second-order valence-electron chi connectivity index (χ2n) is 5.20. The van der Waals surface area contributed by atoms with Gasteiger partial charge in [0.25, 0.3) is 5.91 Å². The first-order chi connectivity index (χ1) is 12.4. The lowest BCUT2D eigenvalue weighted by Crippen LogP contribution is -2.21. The number of rotatable bonds is 7. The molecule has 0 spiro atoms. The molecule has 0 fully saturated rings.